The summed E-state index contributed by atoms with van der Waals surface area (Å²) in [7, 11) is -4.14. The summed E-state index contributed by atoms with van der Waals surface area (Å²) in [6, 6.07) is 29.9. The van der Waals surface area contributed by atoms with Gasteiger partial charge in [0.15, 0.2) is 0 Å². The van der Waals surface area contributed by atoms with Gasteiger partial charge in [0.05, 0.1) is 10.6 Å². The molecule has 2 atom stereocenters. The molecule has 7 nitrogen and oxygen atoms in total. The number of nitrogens with zero attached hydrogens (tertiary/aromatic N) is 2. The molecule has 45 heavy (non-hydrogen) atoms. The molecular weight excluding hydrogens is 582 g/mol. The van der Waals surface area contributed by atoms with Crippen LogP contribution < -0.4 is 9.62 Å². The minimum Gasteiger partial charge on any atom is -0.352 e. The Morgan fingerprint density at radius 3 is 1.98 bits per heavy atom. The van der Waals surface area contributed by atoms with E-state index in [1.54, 1.807) is 35.2 Å². The molecule has 0 aliphatic rings. The molecule has 1 N–H and O–H groups in total. The largest absolute Gasteiger partial charge is 0.352 e. The Morgan fingerprint density at radius 1 is 0.800 bits per heavy atom. The lowest BCUT2D eigenvalue weighted by atomic mass is 10.0. The molecule has 4 aromatic carbocycles. The lowest BCUT2D eigenvalue weighted by Crippen LogP contribution is -2.54. The van der Waals surface area contributed by atoms with E-state index in [1.165, 1.54) is 16.4 Å². The highest BCUT2D eigenvalue weighted by atomic mass is 32.2. The molecule has 236 valence electrons. The van der Waals surface area contributed by atoms with Gasteiger partial charge in [-0.05, 0) is 86.2 Å². The van der Waals surface area contributed by atoms with Crippen molar-refractivity contribution in [1.82, 2.24) is 10.2 Å². The quantitative estimate of drug-likeness (QED) is 0.187. The summed E-state index contributed by atoms with van der Waals surface area (Å²) in [5.74, 6) is -0.754. The molecule has 2 amide bonds. The average molecular weight is 626 g/mol. The number of hydrogen-bond donors (Lipinski definition) is 1. The van der Waals surface area contributed by atoms with Gasteiger partial charge in [0, 0.05) is 19.0 Å². The van der Waals surface area contributed by atoms with Gasteiger partial charge in [-0.3, -0.25) is 13.9 Å². The third-order valence-electron chi connectivity index (χ3n) is 7.98. The summed E-state index contributed by atoms with van der Waals surface area (Å²) in [4.78, 5) is 30.2. The molecular formula is C37H43N3O4S. The zero-order chi connectivity index (χ0) is 32.6. The van der Waals surface area contributed by atoms with E-state index >= 15 is 0 Å². The SMILES string of the molecule is CC[C@@H](C)NC(=O)[C@@H](Cc1ccccc1)N(Cc1ccccc1C)C(=O)CN(c1cc(C)cc(C)c1)S(=O)(=O)c1ccccc1. The molecule has 0 saturated heterocycles. The van der Waals surface area contributed by atoms with E-state index in [-0.39, 0.29) is 29.8 Å². The summed E-state index contributed by atoms with van der Waals surface area (Å²) < 4.78 is 29.5. The molecule has 0 aliphatic heterocycles. The van der Waals surface area contributed by atoms with Crippen molar-refractivity contribution < 1.29 is 18.0 Å². The van der Waals surface area contributed by atoms with Gasteiger partial charge < -0.3 is 10.2 Å². The molecule has 4 rings (SSSR count). The van der Waals surface area contributed by atoms with Crippen molar-refractivity contribution in [3.05, 3.63) is 131 Å². The molecule has 0 radical (unpaired) electrons. The Morgan fingerprint density at radius 2 is 1.38 bits per heavy atom. The Labute approximate surface area is 268 Å². The van der Waals surface area contributed by atoms with E-state index in [1.807, 2.05) is 95.3 Å². The normalized spacial score (nSPS) is 12.6. The molecule has 0 aliphatic carbocycles. The van der Waals surface area contributed by atoms with Crippen LogP contribution in [0, 0.1) is 20.8 Å². The zero-order valence-electron chi connectivity index (χ0n) is 26.7. The maximum atomic E-state index is 14.6. The predicted octanol–water partition coefficient (Wildman–Crippen LogP) is 6.36. The number of rotatable bonds is 13. The highest BCUT2D eigenvalue weighted by molar-refractivity contribution is 7.92. The van der Waals surface area contributed by atoms with Crippen molar-refractivity contribution in [2.75, 3.05) is 10.8 Å². The minimum absolute atomic E-state index is 0.0813. The number of carbonyl (C=O) groups is 2. The van der Waals surface area contributed by atoms with Gasteiger partial charge in [-0.25, -0.2) is 8.42 Å². The summed E-state index contributed by atoms with van der Waals surface area (Å²) in [5.41, 5.74) is 4.88. The number of anilines is 1. The van der Waals surface area contributed by atoms with E-state index in [2.05, 4.69) is 5.32 Å². The molecule has 8 heteroatoms. The van der Waals surface area contributed by atoms with Crippen LogP contribution in [0.5, 0.6) is 0 Å². The van der Waals surface area contributed by atoms with Gasteiger partial charge >= 0.3 is 0 Å². The third kappa shape index (κ3) is 8.60. The maximum Gasteiger partial charge on any atom is 0.264 e. The Bertz CT molecular complexity index is 1690. The number of sulfonamides is 1. The van der Waals surface area contributed by atoms with Crippen LogP contribution in [0.4, 0.5) is 5.69 Å². The van der Waals surface area contributed by atoms with Crippen LogP contribution in [0.3, 0.4) is 0 Å². The molecule has 0 bridgehead atoms. The fourth-order valence-corrected chi connectivity index (χ4v) is 6.73. The first kappa shape index (κ1) is 33.5. The molecule has 0 heterocycles. The fraction of sp³-hybridized carbons (Fsp3) is 0.297. The van der Waals surface area contributed by atoms with Crippen LogP contribution in [0.1, 0.15) is 48.1 Å². The van der Waals surface area contributed by atoms with Crippen molar-refractivity contribution in [3.63, 3.8) is 0 Å². The molecule has 0 saturated carbocycles. The summed E-state index contributed by atoms with van der Waals surface area (Å²) in [5, 5.41) is 3.08. The Balaban J connectivity index is 1.83. The van der Waals surface area contributed by atoms with E-state index < -0.39 is 28.5 Å². The number of benzene rings is 4. The second-order valence-corrected chi connectivity index (χ2v) is 13.5. The van der Waals surface area contributed by atoms with Crippen molar-refractivity contribution in [1.29, 1.82) is 0 Å². The van der Waals surface area contributed by atoms with Crippen LogP contribution in [0.15, 0.2) is 108 Å². The van der Waals surface area contributed by atoms with Crippen molar-refractivity contribution in [2.45, 2.75) is 71.0 Å². The van der Waals surface area contributed by atoms with Crippen molar-refractivity contribution in [2.24, 2.45) is 0 Å². The highest BCUT2D eigenvalue weighted by Crippen LogP contribution is 2.27. The number of hydrogen-bond acceptors (Lipinski definition) is 4. The van der Waals surface area contributed by atoms with Crippen LogP contribution in [0.2, 0.25) is 0 Å². The molecule has 4 aromatic rings. The molecule has 0 fully saturated rings. The van der Waals surface area contributed by atoms with Gasteiger partial charge in [-0.2, -0.15) is 0 Å². The van der Waals surface area contributed by atoms with Crippen LogP contribution in [-0.4, -0.2) is 43.8 Å². The Hall–Kier alpha value is -4.43. The number of carbonyl (C=O) groups excluding carboxylic acids is 2. The smallest absolute Gasteiger partial charge is 0.264 e. The first-order valence-corrected chi connectivity index (χ1v) is 16.8. The lowest BCUT2D eigenvalue weighted by molar-refractivity contribution is -0.140. The van der Waals surface area contributed by atoms with E-state index in [4.69, 9.17) is 0 Å². The lowest BCUT2D eigenvalue weighted by Gasteiger charge is -2.34. The molecule has 0 spiro atoms. The number of nitrogens with one attached hydrogen (secondary N) is 1. The minimum atomic E-state index is -4.14. The number of aryl methyl sites for hydroxylation is 3. The van der Waals surface area contributed by atoms with Gasteiger partial charge in [-0.1, -0.05) is 85.8 Å². The first-order valence-electron chi connectivity index (χ1n) is 15.3. The number of amides is 2. The zero-order valence-corrected chi connectivity index (χ0v) is 27.6. The topological polar surface area (TPSA) is 86.8 Å². The monoisotopic (exact) mass is 625 g/mol. The summed E-state index contributed by atoms with van der Waals surface area (Å²) >= 11 is 0. The van der Waals surface area contributed by atoms with Crippen LogP contribution in [0.25, 0.3) is 0 Å². The van der Waals surface area contributed by atoms with Gasteiger partial charge in [0.2, 0.25) is 11.8 Å². The van der Waals surface area contributed by atoms with Gasteiger partial charge in [0.1, 0.15) is 12.6 Å². The average Bonchev–Trinajstić information content (AvgIpc) is 3.02. The third-order valence-corrected chi connectivity index (χ3v) is 9.77. The van der Waals surface area contributed by atoms with Crippen molar-refractivity contribution >= 4 is 27.5 Å². The second-order valence-electron chi connectivity index (χ2n) is 11.6. The van der Waals surface area contributed by atoms with Crippen LogP contribution >= 0.6 is 0 Å². The van der Waals surface area contributed by atoms with E-state index in [0.29, 0.717) is 5.69 Å². The predicted molar refractivity (Wildman–Crippen MR) is 180 cm³/mol. The summed E-state index contributed by atoms with van der Waals surface area (Å²) in [6.45, 7) is 9.33. The highest BCUT2D eigenvalue weighted by Gasteiger charge is 2.35. The fourth-order valence-electron chi connectivity index (χ4n) is 5.31. The van der Waals surface area contributed by atoms with Crippen LogP contribution in [-0.2, 0) is 32.6 Å². The molecule has 0 unspecified atom stereocenters. The first-order chi connectivity index (χ1) is 21.5. The second kappa shape index (κ2) is 15.0. The van der Waals surface area contributed by atoms with E-state index in [9.17, 15) is 18.0 Å². The standard InChI is InChI=1S/C37H43N3O4S/c1-6-30(5)38-37(42)35(24-31-16-9-7-10-17-31)39(25-32-18-14-13-15-29(32)4)36(41)26-40(33-22-27(2)21-28(3)23-33)45(43,44)34-19-11-8-12-20-34/h7-23,30,35H,6,24-26H2,1-5H3,(H,38,42)/t30-,35-/m1/s1. The maximum absolute atomic E-state index is 14.6. The molecule has 0 aromatic heterocycles. The van der Waals surface area contributed by atoms with Gasteiger partial charge in [-0.15, -0.1) is 0 Å². The Kier molecular flexibility index (Phi) is 11.2. The van der Waals surface area contributed by atoms with Gasteiger partial charge in [0.25, 0.3) is 10.0 Å². The summed E-state index contributed by atoms with van der Waals surface area (Å²) in [6.07, 6.45) is 1.00. The van der Waals surface area contributed by atoms with Crippen molar-refractivity contribution in [3.8, 4) is 0 Å². The van der Waals surface area contributed by atoms with E-state index in [0.717, 1.165) is 34.2 Å².